The summed E-state index contributed by atoms with van der Waals surface area (Å²) in [6, 6.07) is 0. The summed E-state index contributed by atoms with van der Waals surface area (Å²) in [6.07, 6.45) is -2.84. The molecule has 1 aliphatic heterocycles. The number of carboxylic acids is 2. The van der Waals surface area contributed by atoms with Crippen molar-refractivity contribution in [1.29, 1.82) is 0 Å². The second kappa shape index (κ2) is 15.7. The monoisotopic (exact) mass is 605 g/mol. The van der Waals surface area contributed by atoms with Crippen LogP contribution >= 0.6 is 22.1 Å². The summed E-state index contributed by atoms with van der Waals surface area (Å²) in [7, 11) is -11.4. The fourth-order valence-corrected chi connectivity index (χ4v) is 8.67. The zero-order chi connectivity index (χ0) is 29.1. The fraction of sp³-hybridized carbons (Fsp3) is 0.857. The van der Waals surface area contributed by atoms with Gasteiger partial charge in [0.2, 0.25) is 22.1 Å². The van der Waals surface area contributed by atoms with E-state index in [0.717, 1.165) is 0 Å². The predicted octanol–water partition coefficient (Wildman–Crippen LogP) is 1.15. The molecule has 1 rings (SSSR count). The van der Waals surface area contributed by atoms with Crippen LogP contribution in [0.1, 0.15) is 33.1 Å². The molecule has 0 aromatic carbocycles. The van der Waals surface area contributed by atoms with Crippen LogP contribution in [0.4, 0.5) is 0 Å². The molecule has 5 N–H and O–H groups in total. The van der Waals surface area contributed by atoms with Gasteiger partial charge in [-0.3, -0.25) is 42.8 Å². The molecule has 1 heterocycles. The van der Waals surface area contributed by atoms with E-state index < -0.39 is 59.2 Å². The summed E-state index contributed by atoms with van der Waals surface area (Å²) in [4.78, 5) is 69.7. The van der Waals surface area contributed by atoms with Gasteiger partial charge in [0.25, 0.3) is 0 Å². The molecule has 3 unspecified atom stereocenters. The summed E-state index contributed by atoms with van der Waals surface area (Å²) >= 11 is 0. The highest BCUT2D eigenvalue weighted by Crippen LogP contribution is 2.44. The van der Waals surface area contributed by atoms with Gasteiger partial charge in [0, 0.05) is 70.1 Å². The lowest BCUT2D eigenvalue weighted by atomic mass is 10.1. The second-order valence-corrected chi connectivity index (χ2v) is 17.4. The average Bonchev–Trinajstić information content (AvgIpc) is 2.86. The summed E-state index contributed by atoms with van der Waals surface area (Å²) < 4.78 is 38.1. The molecular formula is C21H42N3O11P3. The van der Waals surface area contributed by atoms with Gasteiger partial charge in [0.15, 0.2) is 0 Å². The van der Waals surface area contributed by atoms with Gasteiger partial charge in [-0.1, -0.05) is 13.8 Å². The molecule has 17 heteroatoms. The fourth-order valence-electron chi connectivity index (χ4n) is 3.87. The Morgan fingerprint density at radius 2 is 0.868 bits per heavy atom. The van der Waals surface area contributed by atoms with E-state index in [-0.39, 0.29) is 82.4 Å². The van der Waals surface area contributed by atoms with Gasteiger partial charge in [-0.15, -0.1) is 0 Å². The van der Waals surface area contributed by atoms with Gasteiger partial charge in [-0.05, 0) is 0 Å². The van der Waals surface area contributed by atoms with Gasteiger partial charge >= 0.3 is 11.9 Å². The maximum absolute atomic E-state index is 12.9. The van der Waals surface area contributed by atoms with Gasteiger partial charge in [-0.25, -0.2) is 0 Å². The van der Waals surface area contributed by atoms with Crippen molar-refractivity contribution >= 4 is 39.8 Å². The minimum Gasteiger partial charge on any atom is -0.481 e. The predicted molar refractivity (Wildman–Crippen MR) is 142 cm³/mol. The lowest BCUT2D eigenvalue weighted by Gasteiger charge is -2.28. The van der Waals surface area contributed by atoms with Crippen molar-refractivity contribution in [2.45, 2.75) is 33.1 Å². The Morgan fingerprint density at radius 3 is 1.11 bits per heavy atom. The van der Waals surface area contributed by atoms with E-state index in [9.17, 15) is 42.8 Å². The first-order valence-electron chi connectivity index (χ1n) is 12.5. The first kappa shape index (κ1) is 35.1. The van der Waals surface area contributed by atoms with Gasteiger partial charge in [-0.2, -0.15) is 0 Å². The number of carboxylic acid groups (broad SMARTS) is 2. The van der Waals surface area contributed by atoms with Gasteiger partial charge in [0.1, 0.15) is 5.78 Å². The third kappa shape index (κ3) is 15.6. The number of nitrogens with zero attached hydrogens (tertiary/aromatic N) is 3. The lowest BCUT2D eigenvalue weighted by molar-refractivity contribution is -0.137. The van der Waals surface area contributed by atoms with Crippen molar-refractivity contribution in [3.05, 3.63) is 0 Å². The van der Waals surface area contributed by atoms with E-state index in [2.05, 4.69) is 0 Å². The minimum absolute atomic E-state index is 0.0356. The maximum Gasteiger partial charge on any atom is 0.303 e. The molecule has 3 atom stereocenters. The van der Waals surface area contributed by atoms with Gasteiger partial charge in [0.05, 0.1) is 31.7 Å². The minimum atomic E-state index is -3.84. The summed E-state index contributed by atoms with van der Waals surface area (Å²) in [5.74, 6) is -2.78. The molecule has 222 valence electrons. The highest BCUT2D eigenvalue weighted by atomic mass is 31.2. The van der Waals surface area contributed by atoms with E-state index in [1.54, 1.807) is 28.5 Å². The van der Waals surface area contributed by atoms with Crippen molar-refractivity contribution in [2.75, 3.05) is 76.6 Å². The van der Waals surface area contributed by atoms with Gasteiger partial charge < -0.3 is 24.9 Å². The first-order valence-corrected chi connectivity index (χ1v) is 18.5. The molecule has 1 saturated heterocycles. The molecule has 0 aliphatic carbocycles. The quantitative estimate of drug-likeness (QED) is 0.156. The average molecular weight is 605 g/mol. The molecule has 0 spiro atoms. The molecule has 0 radical (unpaired) electrons. The van der Waals surface area contributed by atoms with Crippen LogP contribution in [0.15, 0.2) is 0 Å². The number of Topliss-reactive ketones (excluding diaryl/α,β-unsaturated/α-hetero) is 1. The number of rotatable bonds is 16. The Bertz CT molecular complexity index is 910. The smallest absolute Gasteiger partial charge is 0.303 e. The molecule has 0 saturated carbocycles. The van der Waals surface area contributed by atoms with E-state index >= 15 is 0 Å². The van der Waals surface area contributed by atoms with Crippen molar-refractivity contribution in [3.8, 4) is 0 Å². The van der Waals surface area contributed by atoms with Crippen molar-refractivity contribution in [3.63, 3.8) is 0 Å². The number of ketones is 1. The topological polar surface area (TPSA) is 213 Å². The van der Waals surface area contributed by atoms with Crippen LogP contribution in [0, 0.1) is 5.92 Å². The Balaban J connectivity index is 3.01. The zero-order valence-electron chi connectivity index (χ0n) is 22.1. The summed E-state index contributed by atoms with van der Waals surface area (Å²) in [5.41, 5.74) is 0. The van der Waals surface area contributed by atoms with E-state index in [1.165, 1.54) is 0 Å². The maximum atomic E-state index is 12.9. The number of aliphatic carboxylic acids is 2. The third-order valence-electron chi connectivity index (χ3n) is 6.16. The van der Waals surface area contributed by atoms with Crippen LogP contribution in [0.25, 0.3) is 0 Å². The number of carbonyl (C=O) groups is 3. The molecule has 14 nitrogen and oxygen atoms in total. The number of carbonyl (C=O) groups excluding carboxylic acids is 1. The van der Waals surface area contributed by atoms with Crippen molar-refractivity contribution < 1.29 is 53.0 Å². The Morgan fingerprint density at radius 1 is 0.605 bits per heavy atom. The van der Waals surface area contributed by atoms with Crippen LogP contribution in [-0.4, -0.2) is 134 Å². The summed E-state index contributed by atoms with van der Waals surface area (Å²) in [5, 5.41) is 17.7. The first-order chi connectivity index (χ1) is 17.4. The van der Waals surface area contributed by atoms with E-state index in [1.807, 2.05) is 0 Å². The molecule has 0 aromatic heterocycles. The molecule has 0 amide bonds. The lowest BCUT2D eigenvalue weighted by Crippen LogP contribution is -2.37. The molecule has 1 fully saturated rings. The van der Waals surface area contributed by atoms with Crippen LogP contribution < -0.4 is 0 Å². The van der Waals surface area contributed by atoms with E-state index in [0.29, 0.717) is 0 Å². The Labute approximate surface area is 223 Å². The van der Waals surface area contributed by atoms with Crippen LogP contribution in [0.5, 0.6) is 0 Å². The van der Waals surface area contributed by atoms with E-state index in [4.69, 9.17) is 10.2 Å². The normalized spacial score (nSPS) is 21.4. The third-order valence-corrected chi connectivity index (χ3v) is 11.5. The van der Waals surface area contributed by atoms with Crippen molar-refractivity contribution in [1.82, 2.24) is 14.7 Å². The largest absolute Gasteiger partial charge is 0.481 e. The Kier molecular flexibility index (Phi) is 14.5. The van der Waals surface area contributed by atoms with Crippen LogP contribution in [0.2, 0.25) is 0 Å². The highest BCUT2D eigenvalue weighted by molar-refractivity contribution is 7.58. The molecular weight excluding hydrogens is 563 g/mol. The number of hydrogen-bond donors (Lipinski definition) is 5. The Hall–Kier alpha value is -0.940. The molecule has 0 aromatic rings. The SMILES string of the molecule is CC(C)C(=O)CCP(=O)(O)CN1CCN(CP(=O)(O)CCC(=O)O)CCN(CP(=O)(O)CCC(=O)O)CC1. The number of hydrogen-bond acceptors (Lipinski definition) is 9. The standard InChI is InChI=1S/C21H42N3O11P3/c1-18(2)19(25)3-12-36(30,31)15-22-6-8-23(16-37(32,33)13-4-20(26)27)10-11-24(9-7-22)17-38(34,35)14-5-21(28)29/h18H,3-17H2,1-2H3,(H,26,27)(H,28,29)(H,30,31)(H,32,33)(H,34,35). The van der Waals surface area contributed by atoms with Crippen LogP contribution in [0.3, 0.4) is 0 Å². The second-order valence-electron chi connectivity index (χ2n) is 10.1. The molecule has 38 heavy (non-hydrogen) atoms. The zero-order valence-corrected chi connectivity index (χ0v) is 24.7. The van der Waals surface area contributed by atoms with Crippen LogP contribution in [-0.2, 0) is 28.1 Å². The summed E-state index contributed by atoms with van der Waals surface area (Å²) in [6.45, 7) is 4.79. The highest BCUT2D eigenvalue weighted by Gasteiger charge is 2.30. The van der Waals surface area contributed by atoms with Crippen molar-refractivity contribution in [2.24, 2.45) is 5.92 Å². The molecule has 0 bridgehead atoms. The molecule has 1 aliphatic rings.